The molecule has 1 amide bonds. The normalized spacial score (nSPS) is 14.2. The topological polar surface area (TPSA) is 72.0 Å². The fraction of sp³-hybridized carbons (Fsp3) is 0.480. The van der Waals surface area contributed by atoms with Gasteiger partial charge in [-0.1, -0.05) is 0 Å². The number of ether oxygens (including phenoxy) is 2. The molecule has 0 radical (unpaired) electrons. The van der Waals surface area contributed by atoms with Crippen molar-refractivity contribution in [3.8, 4) is 5.75 Å². The van der Waals surface area contributed by atoms with Crippen LogP contribution in [0.1, 0.15) is 41.6 Å². The van der Waals surface area contributed by atoms with Gasteiger partial charge in [-0.3, -0.25) is 19.5 Å². The molecule has 1 aromatic heterocycles. The minimum atomic E-state index is 0.0495. The highest BCUT2D eigenvalue weighted by Gasteiger charge is 2.16. The molecule has 1 aliphatic heterocycles. The van der Waals surface area contributed by atoms with Gasteiger partial charge in [0.25, 0.3) is 0 Å². The summed E-state index contributed by atoms with van der Waals surface area (Å²) in [4.78, 5) is 33.8. The number of methoxy groups -OCH3 is 1. The monoisotopic (exact) mass is 439 g/mol. The standard InChI is InChI=1S/C25H33N3O4/c1-31-23-8-6-22(7-9-23)24(29)4-2-5-25(30)28(20-21-10-12-26-13-11-21)15-3-14-27-16-18-32-19-17-27/h6-13H,2-5,14-20H2,1H3. The second-order valence-electron chi connectivity index (χ2n) is 7.98. The molecule has 1 fully saturated rings. The molecule has 1 aliphatic rings. The number of morpholine rings is 1. The summed E-state index contributed by atoms with van der Waals surface area (Å²) in [6.07, 6.45) is 5.68. The zero-order valence-corrected chi connectivity index (χ0v) is 18.9. The number of aromatic nitrogens is 1. The van der Waals surface area contributed by atoms with Crippen molar-refractivity contribution < 1.29 is 19.1 Å². The number of carbonyl (C=O) groups is 2. The molecule has 0 N–H and O–H groups in total. The van der Waals surface area contributed by atoms with Crippen molar-refractivity contribution in [3.63, 3.8) is 0 Å². The Morgan fingerprint density at radius 2 is 1.75 bits per heavy atom. The van der Waals surface area contributed by atoms with Gasteiger partial charge in [0.05, 0.1) is 20.3 Å². The van der Waals surface area contributed by atoms with E-state index in [0.717, 1.165) is 50.6 Å². The minimum Gasteiger partial charge on any atom is -0.497 e. The Labute approximate surface area is 190 Å². The summed E-state index contributed by atoms with van der Waals surface area (Å²) in [6.45, 7) is 5.68. The van der Waals surface area contributed by atoms with E-state index in [0.29, 0.717) is 37.9 Å². The quantitative estimate of drug-likeness (QED) is 0.473. The summed E-state index contributed by atoms with van der Waals surface area (Å²) >= 11 is 0. The van der Waals surface area contributed by atoms with Crippen LogP contribution < -0.4 is 4.74 Å². The van der Waals surface area contributed by atoms with Crippen molar-refractivity contribution in [2.45, 2.75) is 32.2 Å². The van der Waals surface area contributed by atoms with Crippen LogP contribution in [0, 0.1) is 0 Å². The van der Waals surface area contributed by atoms with Crippen LogP contribution in [0.15, 0.2) is 48.8 Å². The number of Topliss-reactive ketones (excluding diaryl/α,β-unsaturated/α-hetero) is 1. The Bertz CT molecular complexity index is 836. The van der Waals surface area contributed by atoms with Crippen molar-refractivity contribution in [2.24, 2.45) is 0 Å². The fourth-order valence-electron chi connectivity index (χ4n) is 3.79. The highest BCUT2D eigenvalue weighted by Crippen LogP contribution is 2.15. The molecule has 1 aromatic carbocycles. The van der Waals surface area contributed by atoms with E-state index in [2.05, 4.69) is 9.88 Å². The summed E-state index contributed by atoms with van der Waals surface area (Å²) in [5, 5.41) is 0. The maximum Gasteiger partial charge on any atom is 0.222 e. The zero-order chi connectivity index (χ0) is 22.6. The van der Waals surface area contributed by atoms with Crippen LogP contribution >= 0.6 is 0 Å². The lowest BCUT2D eigenvalue weighted by molar-refractivity contribution is -0.132. The van der Waals surface area contributed by atoms with E-state index in [1.807, 2.05) is 17.0 Å². The van der Waals surface area contributed by atoms with Gasteiger partial charge < -0.3 is 14.4 Å². The molecular weight excluding hydrogens is 406 g/mol. The van der Waals surface area contributed by atoms with Crippen LogP contribution in [0.5, 0.6) is 5.75 Å². The lowest BCUT2D eigenvalue weighted by atomic mass is 10.0. The number of benzene rings is 1. The molecular formula is C25H33N3O4. The first-order valence-electron chi connectivity index (χ1n) is 11.3. The van der Waals surface area contributed by atoms with Crippen LogP contribution in [0.2, 0.25) is 0 Å². The molecule has 0 bridgehead atoms. The van der Waals surface area contributed by atoms with Crippen molar-refractivity contribution >= 4 is 11.7 Å². The Morgan fingerprint density at radius 3 is 2.44 bits per heavy atom. The third-order valence-electron chi connectivity index (χ3n) is 5.69. The van der Waals surface area contributed by atoms with Gasteiger partial charge in [-0.15, -0.1) is 0 Å². The Balaban J connectivity index is 1.49. The Morgan fingerprint density at radius 1 is 1.03 bits per heavy atom. The van der Waals surface area contributed by atoms with Gasteiger partial charge in [0.15, 0.2) is 5.78 Å². The van der Waals surface area contributed by atoms with E-state index in [1.165, 1.54) is 0 Å². The van der Waals surface area contributed by atoms with Gasteiger partial charge in [0.1, 0.15) is 5.75 Å². The molecule has 0 saturated carbocycles. The average molecular weight is 440 g/mol. The second kappa shape index (κ2) is 12.9. The van der Waals surface area contributed by atoms with E-state index in [4.69, 9.17) is 9.47 Å². The molecule has 172 valence electrons. The van der Waals surface area contributed by atoms with E-state index >= 15 is 0 Å². The van der Waals surface area contributed by atoms with Crippen LogP contribution in [-0.2, 0) is 16.1 Å². The van der Waals surface area contributed by atoms with Crippen LogP contribution in [0.4, 0.5) is 0 Å². The first-order chi connectivity index (χ1) is 15.7. The van der Waals surface area contributed by atoms with Gasteiger partial charge in [-0.2, -0.15) is 0 Å². The molecule has 0 aliphatic carbocycles. The third kappa shape index (κ3) is 7.73. The predicted molar refractivity (Wildman–Crippen MR) is 123 cm³/mol. The molecule has 7 heteroatoms. The average Bonchev–Trinajstić information content (AvgIpc) is 2.84. The SMILES string of the molecule is COc1ccc(C(=O)CCCC(=O)N(CCCN2CCOCC2)Cc2ccncc2)cc1. The summed E-state index contributed by atoms with van der Waals surface area (Å²) in [5.41, 5.74) is 1.71. The smallest absolute Gasteiger partial charge is 0.222 e. The van der Waals surface area contributed by atoms with Gasteiger partial charge >= 0.3 is 0 Å². The maximum atomic E-state index is 13.0. The molecule has 7 nitrogen and oxygen atoms in total. The number of pyridine rings is 1. The number of rotatable bonds is 12. The summed E-state index contributed by atoms with van der Waals surface area (Å²) in [7, 11) is 1.60. The minimum absolute atomic E-state index is 0.0495. The van der Waals surface area contributed by atoms with Gasteiger partial charge in [0.2, 0.25) is 5.91 Å². The fourth-order valence-corrected chi connectivity index (χ4v) is 3.79. The van der Waals surface area contributed by atoms with E-state index in [9.17, 15) is 9.59 Å². The van der Waals surface area contributed by atoms with Crippen molar-refractivity contribution in [1.29, 1.82) is 0 Å². The van der Waals surface area contributed by atoms with Crippen molar-refractivity contribution in [1.82, 2.24) is 14.8 Å². The number of ketones is 1. The molecule has 0 atom stereocenters. The van der Waals surface area contributed by atoms with Gasteiger partial charge in [0, 0.05) is 63.5 Å². The predicted octanol–water partition coefficient (Wildman–Crippen LogP) is 3.19. The van der Waals surface area contributed by atoms with Crippen LogP contribution in [-0.4, -0.2) is 73.0 Å². The third-order valence-corrected chi connectivity index (χ3v) is 5.69. The summed E-state index contributed by atoms with van der Waals surface area (Å²) < 4.78 is 10.5. The lowest BCUT2D eigenvalue weighted by Gasteiger charge is -2.28. The number of carbonyl (C=O) groups excluding carboxylic acids is 2. The molecule has 3 rings (SSSR count). The molecule has 1 saturated heterocycles. The summed E-state index contributed by atoms with van der Waals surface area (Å²) in [6, 6.07) is 11.0. The highest BCUT2D eigenvalue weighted by atomic mass is 16.5. The molecule has 2 aromatic rings. The van der Waals surface area contributed by atoms with E-state index < -0.39 is 0 Å². The molecule has 0 spiro atoms. The number of nitrogens with zero attached hydrogens (tertiary/aromatic N) is 3. The Kier molecular flexibility index (Phi) is 9.65. The molecule has 0 unspecified atom stereocenters. The lowest BCUT2D eigenvalue weighted by Crippen LogP contribution is -2.39. The van der Waals surface area contributed by atoms with Crippen molar-refractivity contribution in [3.05, 3.63) is 59.9 Å². The molecule has 2 heterocycles. The van der Waals surface area contributed by atoms with E-state index in [-0.39, 0.29) is 11.7 Å². The Hall–Kier alpha value is -2.77. The van der Waals surface area contributed by atoms with Crippen molar-refractivity contribution in [2.75, 3.05) is 46.5 Å². The largest absolute Gasteiger partial charge is 0.497 e. The second-order valence-corrected chi connectivity index (χ2v) is 7.98. The zero-order valence-electron chi connectivity index (χ0n) is 18.9. The number of amides is 1. The molecule has 32 heavy (non-hydrogen) atoms. The first kappa shape index (κ1) is 23.9. The number of hydrogen-bond acceptors (Lipinski definition) is 6. The maximum absolute atomic E-state index is 13.0. The van der Waals surface area contributed by atoms with Crippen LogP contribution in [0.25, 0.3) is 0 Å². The summed E-state index contributed by atoms with van der Waals surface area (Å²) in [5.74, 6) is 0.861. The van der Waals surface area contributed by atoms with Gasteiger partial charge in [-0.25, -0.2) is 0 Å². The van der Waals surface area contributed by atoms with Gasteiger partial charge in [-0.05, 0) is 54.8 Å². The van der Waals surface area contributed by atoms with Crippen LogP contribution in [0.3, 0.4) is 0 Å². The highest BCUT2D eigenvalue weighted by molar-refractivity contribution is 5.96. The first-order valence-corrected chi connectivity index (χ1v) is 11.3. The number of hydrogen-bond donors (Lipinski definition) is 0. The van der Waals surface area contributed by atoms with E-state index in [1.54, 1.807) is 43.8 Å².